The molecule has 274 valence electrons. The number of rotatable bonds is 7. The molecule has 2 aromatic heterocycles. The molecule has 5 heterocycles. The zero-order valence-corrected chi connectivity index (χ0v) is 30.2. The van der Waals surface area contributed by atoms with Crippen LogP contribution in [0.5, 0.6) is 17.2 Å². The van der Waals surface area contributed by atoms with E-state index >= 15 is 4.79 Å². The number of phenolic OH excluding ortho intramolecular Hbond substituents is 1. The van der Waals surface area contributed by atoms with Gasteiger partial charge >= 0.3 is 0 Å². The second-order valence-electron chi connectivity index (χ2n) is 13.5. The molecule has 54 heavy (non-hydrogen) atoms. The predicted molar refractivity (Wildman–Crippen MR) is 206 cm³/mol. The number of fused-ring (bicyclic) bond motifs is 3. The summed E-state index contributed by atoms with van der Waals surface area (Å²) in [6.07, 6.45) is 5.86. The van der Waals surface area contributed by atoms with Crippen molar-refractivity contribution in [2.75, 3.05) is 44.5 Å². The van der Waals surface area contributed by atoms with Gasteiger partial charge in [0, 0.05) is 61.6 Å². The number of nitrogens with zero attached hydrogens (tertiary/aromatic N) is 5. The van der Waals surface area contributed by atoms with E-state index in [1.54, 1.807) is 53.8 Å². The number of hydrogen-bond acceptors (Lipinski definition) is 8. The first-order chi connectivity index (χ1) is 26.0. The van der Waals surface area contributed by atoms with Gasteiger partial charge in [-0.25, -0.2) is 0 Å². The van der Waals surface area contributed by atoms with Crippen molar-refractivity contribution in [2.24, 2.45) is 0 Å². The molecule has 12 heteroatoms. The van der Waals surface area contributed by atoms with Crippen LogP contribution in [0.25, 0.3) is 16.8 Å². The molecule has 1 fully saturated rings. The molecule has 2 amide bonds. The number of carbonyl (C=O) groups excluding carboxylic acids is 2. The summed E-state index contributed by atoms with van der Waals surface area (Å²) in [5, 5.41) is 10.0. The van der Waals surface area contributed by atoms with E-state index in [0.29, 0.717) is 70.5 Å². The molecule has 1 atom stereocenters. The fourth-order valence-corrected chi connectivity index (χ4v) is 7.67. The van der Waals surface area contributed by atoms with E-state index in [-0.39, 0.29) is 42.8 Å². The van der Waals surface area contributed by atoms with Crippen molar-refractivity contribution >= 4 is 41.1 Å². The predicted octanol–water partition coefficient (Wildman–Crippen LogP) is 6.74. The lowest BCUT2D eigenvalue weighted by Gasteiger charge is -2.40. The van der Waals surface area contributed by atoms with Crippen molar-refractivity contribution in [3.63, 3.8) is 0 Å². The van der Waals surface area contributed by atoms with Crippen LogP contribution >= 0.6 is 12.4 Å². The molecule has 0 bridgehead atoms. The van der Waals surface area contributed by atoms with Gasteiger partial charge in [-0.2, -0.15) is 0 Å². The van der Waals surface area contributed by atoms with Crippen molar-refractivity contribution in [3.8, 4) is 28.5 Å². The molecule has 1 N–H and O–H groups in total. The molecule has 0 radical (unpaired) electrons. The summed E-state index contributed by atoms with van der Waals surface area (Å²) in [6.45, 7) is 4.24. The first kappa shape index (κ1) is 35.2. The number of anilines is 2. The average molecular weight is 744 g/mol. The quantitative estimate of drug-likeness (QED) is 0.192. The molecule has 1 saturated heterocycles. The van der Waals surface area contributed by atoms with Crippen LogP contribution in [0.4, 0.5) is 11.4 Å². The van der Waals surface area contributed by atoms with Crippen LogP contribution in [0, 0.1) is 0 Å². The van der Waals surface area contributed by atoms with Gasteiger partial charge in [0.2, 0.25) is 6.79 Å². The van der Waals surface area contributed by atoms with Crippen molar-refractivity contribution in [1.82, 2.24) is 19.2 Å². The summed E-state index contributed by atoms with van der Waals surface area (Å²) in [6, 6.07) is 29.6. The molecular weight excluding hydrogens is 706 g/mol. The molecule has 4 aromatic carbocycles. The van der Waals surface area contributed by atoms with E-state index in [4.69, 9.17) is 14.2 Å². The summed E-state index contributed by atoms with van der Waals surface area (Å²) in [5.74, 6) is 0.695. The monoisotopic (exact) mass is 743 g/mol. The average Bonchev–Trinajstić information content (AvgIpc) is 3.83. The van der Waals surface area contributed by atoms with Gasteiger partial charge in [-0.15, -0.1) is 12.4 Å². The molecule has 0 aliphatic carbocycles. The Bertz CT molecular complexity index is 2330. The fraction of sp³-hybridized carbons (Fsp3) is 0.214. The molecule has 9 rings (SSSR count). The first-order valence-corrected chi connectivity index (χ1v) is 17.8. The second kappa shape index (κ2) is 14.9. The molecular formula is C42H38ClN5O6. The van der Waals surface area contributed by atoms with E-state index < -0.39 is 0 Å². The van der Waals surface area contributed by atoms with Crippen molar-refractivity contribution < 1.29 is 28.9 Å². The molecule has 3 aliphatic rings. The molecule has 0 unspecified atom stereocenters. The summed E-state index contributed by atoms with van der Waals surface area (Å²) in [5.41, 5.74) is 6.28. The Balaban J connectivity index is 0.00000413. The van der Waals surface area contributed by atoms with Gasteiger partial charge in [0.15, 0.2) is 11.5 Å². The van der Waals surface area contributed by atoms with Crippen molar-refractivity contribution in [1.29, 1.82) is 0 Å². The largest absolute Gasteiger partial charge is 0.508 e. The first-order valence-electron chi connectivity index (χ1n) is 17.8. The van der Waals surface area contributed by atoms with Crippen LogP contribution in [-0.2, 0) is 17.7 Å². The Morgan fingerprint density at radius 3 is 2.31 bits per heavy atom. The maximum absolute atomic E-state index is 15.1. The van der Waals surface area contributed by atoms with Gasteiger partial charge in [-0.3, -0.25) is 24.4 Å². The number of hydrogen-bond donors (Lipinski definition) is 1. The second-order valence-corrected chi connectivity index (χ2v) is 13.5. The van der Waals surface area contributed by atoms with Crippen LogP contribution in [0.15, 0.2) is 116 Å². The lowest BCUT2D eigenvalue weighted by atomic mass is 9.92. The maximum atomic E-state index is 15.1. The minimum atomic E-state index is -0.300. The summed E-state index contributed by atoms with van der Waals surface area (Å²) in [7, 11) is 0. The van der Waals surface area contributed by atoms with E-state index in [0.717, 1.165) is 31.6 Å². The SMILES string of the molecule is Cl.O=C(c1cc(-c2cc3c(cc2C(=O)N2Cc4ccccc4C[C@H]2CN2CCOCC2)OCO3)n2ccncc12)N(c1ccccc1)c1ccc(O)cc1. The number of morpholine rings is 1. The minimum absolute atomic E-state index is 0. The van der Waals surface area contributed by atoms with Crippen LogP contribution in [0.3, 0.4) is 0 Å². The van der Waals surface area contributed by atoms with Crippen LogP contribution in [0.1, 0.15) is 31.8 Å². The zero-order chi connectivity index (χ0) is 35.9. The number of halogens is 1. The summed E-state index contributed by atoms with van der Waals surface area (Å²) < 4.78 is 19.2. The Labute approximate surface area is 318 Å². The van der Waals surface area contributed by atoms with Crippen LogP contribution in [0.2, 0.25) is 0 Å². The van der Waals surface area contributed by atoms with Gasteiger partial charge in [0.25, 0.3) is 11.8 Å². The standard InChI is InChI=1S/C42H37N5O6.ClH/c48-33-12-10-31(11-13-33)47(30-8-2-1-3-9-30)42(50)36-21-37(45-15-14-43-24-38(36)45)34-22-39-40(53-27-52-39)23-35(34)41(49)46-25-29-7-5-4-6-28(29)20-32(46)26-44-16-18-51-19-17-44;/h1-15,21-24,32,48H,16-20,25-27H2;1H/t32-;/m0./s1. The number of amides is 2. The third-order valence-electron chi connectivity index (χ3n) is 10.3. The van der Waals surface area contributed by atoms with Crippen LogP contribution in [-0.4, -0.2) is 81.8 Å². The third kappa shape index (κ3) is 6.51. The van der Waals surface area contributed by atoms with Gasteiger partial charge in [0.1, 0.15) is 5.75 Å². The Morgan fingerprint density at radius 2 is 1.54 bits per heavy atom. The highest BCUT2D eigenvalue weighted by Gasteiger charge is 2.35. The van der Waals surface area contributed by atoms with Crippen molar-refractivity contribution in [2.45, 2.75) is 19.0 Å². The normalized spacial score (nSPS) is 16.4. The van der Waals surface area contributed by atoms with Gasteiger partial charge < -0.3 is 28.6 Å². The van der Waals surface area contributed by atoms with E-state index in [9.17, 15) is 9.90 Å². The lowest BCUT2D eigenvalue weighted by molar-refractivity contribution is 0.0193. The molecule has 0 saturated carbocycles. The van der Waals surface area contributed by atoms with E-state index in [1.807, 2.05) is 57.8 Å². The Hall–Kier alpha value is -5.88. The number of ether oxygens (including phenoxy) is 3. The van der Waals surface area contributed by atoms with E-state index in [2.05, 4.69) is 28.1 Å². The highest BCUT2D eigenvalue weighted by atomic mass is 35.5. The Kier molecular flexibility index (Phi) is 9.68. The lowest BCUT2D eigenvalue weighted by Crippen LogP contribution is -2.52. The summed E-state index contributed by atoms with van der Waals surface area (Å²) in [4.78, 5) is 40.3. The molecule has 3 aliphatic heterocycles. The molecule has 6 aromatic rings. The van der Waals surface area contributed by atoms with Gasteiger partial charge in [0.05, 0.1) is 41.7 Å². The Morgan fingerprint density at radius 1 is 0.833 bits per heavy atom. The van der Waals surface area contributed by atoms with Crippen molar-refractivity contribution in [3.05, 3.63) is 138 Å². The number of benzene rings is 4. The zero-order valence-electron chi connectivity index (χ0n) is 29.3. The molecule has 11 nitrogen and oxygen atoms in total. The maximum Gasteiger partial charge on any atom is 0.265 e. The number of aromatic nitrogens is 2. The highest BCUT2D eigenvalue weighted by Crippen LogP contribution is 2.42. The minimum Gasteiger partial charge on any atom is -0.508 e. The number of phenols is 1. The highest BCUT2D eigenvalue weighted by molar-refractivity contribution is 6.15. The number of aromatic hydroxyl groups is 1. The van der Waals surface area contributed by atoms with E-state index in [1.165, 1.54) is 5.56 Å². The van der Waals surface area contributed by atoms with Gasteiger partial charge in [-0.1, -0.05) is 42.5 Å². The van der Waals surface area contributed by atoms with Gasteiger partial charge in [-0.05, 0) is 72.1 Å². The summed E-state index contributed by atoms with van der Waals surface area (Å²) >= 11 is 0. The third-order valence-corrected chi connectivity index (χ3v) is 10.3. The molecule has 0 spiro atoms. The topological polar surface area (TPSA) is 109 Å². The number of para-hydroxylation sites is 1. The smallest absolute Gasteiger partial charge is 0.265 e. The fourth-order valence-electron chi connectivity index (χ4n) is 7.67. The van der Waals surface area contributed by atoms with Crippen LogP contribution < -0.4 is 14.4 Å². The number of carbonyl (C=O) groups is 2.